The molecule has 12 N–H and O–H groups in total. The number of carbonyl (C=O) groups is 13. The van der Waals surface area contributed by atoms with E-state index in [2.05, 4.69) is 39.6 Å². The lowest BCUT2D eigenvalue weighted by atomic mass is 10.0. The highest BCUT2D eigenvalue weighted by atomic mass is 32.2. The summed E-state index contributed by atoms with van der Waals surface area (Å²) in [4.78, 5) is 186. The van der Waals surface area contributed by atoms with E-state index in [-0.39, 0.29) is 127 Å². The standard InChI is InChI=1S/C71H107N13O18S3/c1-4-5-7-18-60(88)73-52-36-83-21-10-17-58(83)71(102)84-22-11-16-57(84)68(99)77-65(47(2)85)69(100)74-54(19-20-59(72)87)66(97)75-55(35-48-13-8-6-9-14-48)67(98)76-56(70(101)78(3)38-61(89)90)46-105-44-51-33-49(32-50(34-51)43-104-45-52)42-103-31-12-15-53(86)37-79-23-25-80(39-62(91)92)27-29-82(41-64(95)96)30-28-81(26-24-79)40-63(93)94/h6,8-9,13-14,32-34,47,52,54-58,65,85H,4-5,7,10-12,15-31,35-46H2,1-3H3,(H2,72,87)(H,73,88)(H,74,100)(H,75,97)(H,76,98)(H,77,99)(H,89,90)(H,91,92)(H,93,94)(H,95,96)/t47-,52-,54+,55+,56+,57+,58+,65+/m1/s1. The number of unbranched alkanes of at least 4 members (excludes halogenated alkanes) is 2. The molecule has 4 aliphatic rings. The quantitative estimate of drug-likeness (QED) is 0.0504. The van der Waals surface area contributed by atoms with Gasteiger partial charge in [-0.1, -0.05) is 68.3 Å². The van der Waals surface area contributed by atoms with E-state index in [4.69, 9.17) is 5.73 Å². The molecule has 31 nitrogen and oxygen atoms in total. The smallest absolute Gasteiger partial charge is 0.323 e. The predicted molar refractivity (Wildman–Crippen MR) is 396 cm³/mol. The number of primary amides is 1. The molecule has 6 rings (SSSR count). The number of nitrogens with zero attached hydrogens (tertiary/aromatic N) is 7. The molecule has 2 aromatic carbocycles. The fraction of sp³-hybridized carbons (Fsp3) is 0.648. The van der Waals surface area contributed by atoms with E-state index in [0.717, 1.165) is 34.4 Å². The summed E-state index contributed by atoms with van der Waals surface area (Å²) in [5.74, 6) is -7.94. The maximum Gasteiger partial charge on any atom is 0.323 e. The average molecular weight is 1530 g/mol. The third-order valence-electron chi connectivity index (χ3n) is 18.6. The number of thioether (sulfide) groups is 3. The normalized spacial score (nSPS) is 23.1. The van der Waals surface area contributed by atoms with Crippen molar-refractivity contribution in [2.24, 2.45) is 5.73 Å². The maximum atomic E-state index is 14.8. The van der Waals surface area contributed by atoms with E-state index < -0.39 is 121 Å². The highest BCUT2D eigenvalue weighted by Crippen LogP contribution is 2.28. The van der Waals surface area contributed by atoms with Crippen molar-refractivity contribution in [3.05, 3.63) is 70.8 Å². The zero-order valence-electron chi connectivity index (χ0n) is 60.5. The Morgan fingerprint density at radius 2 is 1.19 bits per heavy atom. The molecule has 4 heterocycles. The number of amides is 8. The SMILES string of the molecule is CCCCCC(=O)N[C@H]1CSCc2cc(CSCCCC(=O)CN3CCN(CC(=O)O)CCN(CC(=O)O)CCN(CC(=O)O)CC3)cc(c2)CSC[C@@H](C(=O)N(C)CC(=O)O)NC(=O)[C@H](Cc2ccccc2)NC(=O)[C@H](CCC(N)=O)NC(=O)[C@H]([C@@H](C)O)NC(=O)[C@@H]2CCCN2C(=O)[C@@H]2CCCN2C1. The molecule has 2 bridgehead atoms. The van der Waals surface area contributed by atoms with E-state index in [1.165, 1.54) is 30.6 Å². The predicted octanol–water partition coefficient (Wildman–Crippen LogP) is 0.116. The van der Waals surface area contributed by atoms with Crippen LogP contribution < -0.4 is 32.3 Å². The molecule has 0 spiro atoms. The Balaban J connectivity index is 1.29. The van der Waals surface area contributed by atoms with Gasteiger partial charge in [0, 0.05) is 127 Å². The molecule has 2 aromatic rings. The summed E-state index contributed by atoms with van der Waals surface area (Å²) < 4.78 is 0. The molecule has 0 saturated carbocycles. The highest BCUT2D eigenvalue weighted by Gasteiger charge is 2.43. The number of likely N-dealkylation sites (N-methyl/N-ethyl adjacent to an activating group) is 1. The number of nitrogens with one attached hydrogen (secondary N) is 5. The van der Waals surface area contributed by atoms with Gasteiger partial charge in [0.25, 0.3) is 0 Å². The molecular weight excluding hydrogens is 1420 g/mol. The summed E-state index contributed by atoms with van der Waals surface area (Å²) in [5.41, 5.74) is 8.82. The van der Waals surface area contributed by atoms with Gasteiger partial charge in [0.1, 0.15) is 42.5 Å². The first-order valence-electron chi connectivity index (χ1n) is 36.1. The van der Waals surface area contributed by atoms with Crippen LogP contribution in [0.3, 0.4) is 0 Å². The van der Waals surface area contributed by atoms with Gasteiger partial charge in [0.05, 0.1) is 44.4 Å². The third-order valence-corrected chi connectivity index (χ3v) is 22.0. The Labute approximate surface area is 626 Å². The van der Waals surface area contributed by atoms with E-state index >= 15 is 0 Å². The van der Waals surface area contributed by atoms with Crippen LogP contribution in [0.1, 0.15) is 113 Å². The second-order valence-corrected chi connectivity index (χ2v) is 30.6. The van der Waals surface area contributed by atoms with Crippen molar-refractivity contribution in [3.63, 3.8) is 0 Å². The number of benzene rings is 2. The number of Topliss-reactive ketones (excluding diaryl/α,β-unsaturated/α-hetero) is 1. The Kier molecular flexibility index (Phi) is 37.3. The minimum Gasteiger partial charge on any atom is -0.480 e. The Bertz CT molecular complexity index is 3240. The summed E-state index contributed by atoms with van der Waals surface area (Å²) in [6.07, 6.45) is 2.84. The van der Waals surface area contributed by atoms with Crippen molar-refractivity contribution in [3.8, 4) is 0 Å². The molecule has 105 heavy (non-hydrogen) atoms. The van der Waals surface area contributed by atoms with E-state index in [1.807, 2.05) is 21.9 Å². The van der Waals surface area contributed by atoms with Crippen LogP contribution in [0.2, 0.25) is 0 Å². The number of ketones is 1. The van der Waals surface area contributed by atoms with Crippen LogP contribution in [-0.2, 0) is 86.0 Å². The summed E-state index contributed by atoms with van der Waals surface area (Å²) >= 11 is 4.47. The van der Waals surface area contributed by atoms with Crippen LogP contribution in [0.4, 0.5) is 0 Å². The first kappa shape index (κ1) is 86.5. The van der Waals surface area contributed by atoms with E-state index in [1.54, 1.807) is 68.6 Å². The molecule has 0 aromatic heterocycles. The number of carbonyl (C=O) groups excluding carboxylic acids is 9. The molecule has 8 atom stereocenters. The Hall–Kier alpha value is -7.44. The van der Waals surface area contributed by atoms with Gasteiger partial charge < -0.3 is 67.7 Å². The fourth-order valence-corrected chi connectivity index (χ4v) is 16.1. The van der Waals surface area contributed by atoms with Crippen LogP contribution in [0, 0.1) is 0 Å². The molecule has 0 radical (unpaired) electrons. The topological polar surface area (TPSA) is 432 Å². The summed E-state index contributed by atoms with van der Waals surface area (Å²) in [5, 5.41) is 63.7. The van der Waals surface area contributed by atoms with Crippen molar-refractivity contribution in [2.45, 2.75) is 163 Å². The number of hydrogen-bond donors (Lipinski definition) is 11. The number of rotatable bonds is 28. The third kappa shape index (κ3) is 31.1. The first-order chi connectivity index (χ1) is 50.1. The van der Waals surface area contributed by atoms with Gasteiger partial charge in [-0.15, -0.1) is 0 Å². The van der Waals surface area contributed by atoms with Crippen molar-refractivity contribution >= 4 is 112 Å². The summed E-state index contributed by atoms with van der Waals surface area (Å²) in [6, 6.07) is 6.48. The maximum absolute atomic E-state index is 14.8. The molecule has 3 saturated heterocycles. The first-order valence-corrected chi connectivity index (χ1v) is 39.5. The number of aliphatic hydroxyl groups is 1. The molecular formula is C71H107N13O18S3. The van der Waals surface area contributed by atoms with Gasteiger partial charge >= 0.3 is 23.9 Å². The van der Waals surface area contributed by atoms with Gasteiger partial charge in [-0.2, -0.15) is 35.3 Å². The van der Waals surface area contributed by atoms with Crippen molar-refractivity contribution < 1.29 is 87.9 Å². The minimum atomic E-state index is -1.68. The van der Waals surface area contributed by atoms with Crippen molar-refractivity contribution in [2.75, 3.05) is 129 Å². The molecule has 0 unspecified atom stereocenters. The van der Waals surface area contributed by atoms with Gasteiger partial charge in [-0.05, 0) is 86.4 Å². The lowest BCUT2D eigenvalue weighted by Gasteiger charge is -2.33. The van der Waals surface area contributed by atoms with Crippen molar-refractivity contribution in [1.29, 1.82) is 0 Å². The van der Waals surface area contributed by atoms with E-state index in [9.17, 15) is 87.9 Å². The van der Waals surface area contributed by atoms with Gasteiger partial charge in [-0.3, -0.25) is 86.8 Å². The van der Waals surface area contributed by atoms with Crippen LogP contribution in [0.5, 0.6) is 0 Å². The summed E-state index contributed by atoms with van der Waals surface area (Å²) in [6.45, 7) is 4.95. The van der Waals surface area contributed by atoms with Gasteiger partial charge in [0.2, 0.25) is 47.3 Å². The largest absolute Gasteiger partial charge is 0.480 e. The van der Waals surface area contributed by atoms with E-state index in [0.29, 0.717) is 93.3 Å². The number of aliphatic carboxylic acids is 4. The van der Waals surface area contributed by atoms with Crippen LogP contribution in [0.15, 0.2) is 48.5 Å². The number of nitrogens with two attached hydrogens (primary N) is 1. The Morgan fingerprint density at radius 1 is 0.629 bits per heavy atom. The minimum absolute atomic E-state index is 0.0436. The highest BCUT2D eigenvalue weighted by molar-refractivity contribution is 7.99. The Morgan fingerprint density at radius 3 is 1.76 bits per heavy atom. The average Bonchev–Trinajstić information content (AvgIpc) is 1.52. The van der Waals surface area contributed by atoms with Crippen LogP contribution in [-0.4, -0.2) is 314 Å². The second-order valence-electron chi connectivity index (χ2n) is 27.4. The van der Waals surface area contributed by atoms with Gasteiger partial charge in [-0.25, -0.2) is 0 Å². The number of fused-ring (bicyclic) bond motifs is 4. The number of hydrogen-bond acceptors (Lipinski definition) is 22. The summed E-state index contributed by atoms with van der Waals surface area (Å²) in [7, 11) is 1.28. The lowest BCUT2D eigenvalue weighted by Crippen LogP contribution is -2.61. The van der Waals surface area contributed by atoms with Crippen LogP contribution >= 0.6 is 35.3 Å². The number of carboxylic acids is 4. The molecule has 4 aliphatic heterocycles. The second kappa shape index (κ2) is 45.3. The fourth-order valence-electron chi connectivity index (χ4n) is 13.3. The molecule has 0 aliphatic carbocycles. The van der Waals surface area contributed by atoms with Crippen molar-refractivity contribution in [1.82, 2.24) is 60.9 Å². The monoisotopic (exact) mass is 1530 g/mol. The lowest BCUT2D eigenvalue weighted by molar-refractivity contribution is -0.144. The molecule has 8 amide bonds. The molecule has 3 fully saturated rings. The number of aliphatic hydroxyl groups excluding tert-OH is 1. The zero-order valence-corrected chi connectivity index (χ0v) is 62.9. The molecule has 34 heteroatoms. The van der Waals surface area contributed by atoms with Gasteiger partial charge in [0.15, 0.2) is 0 Å². The van der Waals surface area contributed by atoms with Crippen LogP contribution in [0.25, 0.3) is 0 Å². The number of carboxylic acid groups (broad SMARTS) is 4. The molecule has 582 valence electrons. The zero-order chi connectivity index (χ0) is 76.5.